The lowest BCUT2D eigenvalue weighted by Gasteiger charge is -2.08. The minimum Gasteiger partial charge on any atom is -0.223 e. The highest BCUT2D eigenvalue weighted by atomic mass is 32.2. The van der Waals surface area contributed by atoms with E-state index < -0.39 is 9.84 Å². The van der Waals surface area contributed by atoms with Gasteiger partial charge in [-0.25, -0.2) is 8.42 Å². The molecule has 0 saturated carbocycles. The number of sulfone groups is 1. The molecule has 0 saturated heterocycles. The van der Waals surface area contributed by atoms with Crippen molar-refractivity contribution in [3.8, 4) is 11.1 Å². The van der Waals surface area contributed by atoms with Crippen LogP contribution in [-0.2, 0) is 15.6 Å². The van der Waals surface area contributed by atoms with Crippen LogP contribution in [0, 0.1) is 20.8 Å². The molecule has 0 amide bonds. The van der Waals surface area contributed by atoms with Gasteiger partial charge in [-0.2, -0.15) is 0 Å². The lowest BCUT2D eigenvalue weighted by atomic mass is 10.0. The van der Waals surface area contributed by atoms with E-state index >= 15 is 0 Å². The molecule has 136 valence electrons. The highest BCUT2D eigenvalue weighted by Crippen LogP contribution is 2.39. The maximum atomic E-state index is 13.2. The van der Waals surface area contributed by atoms with Crippen molar-refractivity contribution in [1.82, 2.24) is 0 Å². The molecule has 3 heteroatoms. The highest BCUT2D eigenvalue weighted by Gasteiger charge is 2.25. The third kappa shape index (κ3) is 3.54. The highest BCUT2D eigenvalue weighted by molar-refractivity contribution is 7.90. The molecular formula is C23H26O2S. The van der Waals surface area contributed by atoms with Gasteiger partial charge in [-0.15, -0.1) is 0 Å². The van der Waals surface area contributed by atoms with E-state index in [1.165, 1.54) is 5.56 Å². The number of aryl methyl sites for hydroxylation is 3. The number of rotatable bonds is 4. The van der Waals surface area contributed by atoms with Crippen LogP contribution < -0.4 is 0 Å². The summed E-state index contributed by atoms with van der Waals surface area (Å²) in [7, 11) is -3.42. The van der Waals surface area contributed by atoms with Crippen LogP contribution in [0.2, 0.25) is 0 Å². The molecule has 2 aliphatic rings. The van der Waals surface area contributed by atoms with Gasteiger partial charge in [0.1, 0.15) is 0 Å². The summed E-state index contributed by atoms with van der Waals surface area (Å²) in [5.41, 5.74) is 7.10. The van der Waals surface area contributed by atoms with Crippen molar-refractivity contribution in [3.63, 3.8) is 0 Å². The zero-order valence-electron chi connectivity index (χ0n) is 16.1. The smallest absolute Gasteiger partial charge is 0.183 e. The molecule has 0 radical (unpaired) electrons. The molecule has 26 heavy (non-hydrogen) atoms. The zero-order chi connectivity index (χ0) is 19.1. The standard InChI is InChI=1S/C23H26O2S/c1-15(2)20-11-8-17(4)23-21(13-20)18(5)12-22(23)26(24,25)14-19-9-6-16(3)7-10-19/h6-13,15H,14H2,1-5H3. The van der Waals surface area contributed by atoms with E-state index in [0.717, 1.165) is 33.4 Å². The van der Waals surface area contributed by atoms with Gasteiger partial charge in [0.2, 0.25) is 0 Å². The fourth-order valence-corrected chi connectivity index (χ4v) is 5.10. The summed E-state index contributed by atoms with van der Waals surface area (Å²) in [6.07, 6.45) is 0. The van der Waals surface area contributed by atoms with Crippen LogP contribution in [0.4, 0.5) is 0 Å². The lowest BCUT2D eigenvalue weighted by Crippen LogP contribution is -2.05. The predicted molar refractivity (Wildman–Crippen MR) is 109 cm³/mol. The number of benzene rings is 1. The second kappa shape index (κ2) is 6.88. The Hall–Kier alpha value is -2.13. The SMILES string of the molecule is Cc1ccc(CS(=O)(=O)c2cc(C)c3cc(C(C)C)ccc(C)c2-3)cc1. The molecule has 3 rings (SSSR count). The Balaban J connectivity index is 2.13. The Morgan fingerprint density at radius 1 is 0.846 bits per heavy atom. The van der Waals surface area contributed by atoms with Crippen molar-refractivity contribution < 1.29 is 8.42 Å². The van der Waals surface area contributed by atoms with E-state index in [-0.39, 0.29) is 5.75 Å². The number of hydrogen-bond acceptors (Lipinski definition) is 2. The molecule has 0 N–H and O–H groups in total. The average Bonchev–Trinajstić information content (AvgIpc) is 2.79. The molecule has 0 atom stereocenters. The van der Waals surface area contributed by atoms with Crippen LogP contribution in [0.15, 0.2) is 53.4 Å². The molecule has 0 aliphatic heterocycles. The first-order valence-electron chi connectivity index (χ1n) is 9.01. The molecule has 0 spiro atoms. The van der Waals surface area contributed by atoms with Crippen molar-refractivity contribution in [2.45, 2.75) is 51.2 Å². The van der Waals surface area contributed by atoms with Gasteiger partial charge in [-0.3, -0.25) is 0 Å². The molecule has 2 aliphatic carbocycles. The molecule has 2 nitrogen and oxygen atoms in total. The normalized spacial score (nSPS) is 12.1. The number of fused-ring (bicyclic) bond motifs is 1. The quantitative estimate of drug-likeness (QED) is 0.583. The summed E-state index contributed by atoms with van der Waals surface area (Å²) in [4.78, 5) is 0.453. The van der Waals surface area contributed by atoms with Gasteiger partial charge < -0.3 is 0 Å². The fourth-order valence-electron chi connectivity index (χ4n) is 3.37. The first-order chi connectivity index (χ1) is 12.2. The van der Waals surface area contributed by atoms with Crippen molar-refractivity contribution in [2.24, 2.45) is 0 Å². The summed E-state index contributed by atoms with van der Waals surface area (Å²) in [5.74, 6) is 0.424. The van der Waals surface area contributed by atoms with E-state index in [9.17, 15) is 8.42 Å². The van der Waals surface area contributed by atoms with Gasteiger partial charge in [0.05, 0.1) is 10.6 Å². The molecule has 0 fully saturated rings. The van der Waals surface area contributed by atoms with Crippen LogP contribution >= 0.6 is 0 Å². The molecule has 0 heterocycles. The predicted octanol–water partition coefficient (Wildman–Crippen LogP) is 5.81. The van der Waals surface area contributed by atoms with Crippen molar-refractivity contribution in [1.29, 1.82) is 0 Å². The second-order valence-electron chi connectivity index (χ2n) is 7.54. The van der Waals surface area contributed by atoms with Crippen LogP contribution in [0.5, 0.6) is 0 Å². The number of hydrogen-bond donors (Lipinski definition) is 0. The Labute approximate surface area is 157 Å². The van der Waals surface area contributed by atoms with Gasteiger partial charge in [0.25, 0.3) is 0 Å². The fraction of sp³-hybridized carbons (Fsp3) is 0.304. The third-order valence-electron chi connectivity index (χ3n) is 5.00. The van der Waals surface area contributed by atoms with E-state index in [1.807, 2.05) is 57.2 Å². The zero-order valence-corrected chi connectivity index (χ0v) is 16.9. The van der Waals surface area contributed by atoms with Crippen LogP contribution in [-0.4, -0.2) is 8.42 Å². The van der Waals surface area contributed by atoms with E-state index in [2.05, 4.69) is 26.0 Å². The summed E-state index contributed by atoms with van der Waals surface area (Å²) in [5, 5.41) is 0. The van der Waals surface area contributed by atoms with Crippen molar-refractivity contribution in [3.05, 3.63) is 76.3 Å². The van der Waals surface area contributed by atoms with Gasteiger partial charge in [0.15, 0.2) is 9.84 Å². The second-order valence-corrected chi connectivity index (χ2v) is 9.50. The van der Waals surface area contributed by atoms with Crippen LogP contribution in [0.3, 0.4) is 0 Å². The van der Waals surface area contributed by atoms with Crippen LogP contribution in [0.25, 0.3) is 11.1 Å². The minimum atomic E-state index is -3.42. The first-order valence-corrected chi connectivity index (χ1v) is 10.7. The van der Waals surface area contributed by atoms with Gasteiger partial charge in [-0.05, 0) is 60.6 Å². The van der Waals surface area contributed by atoms with Gasteiger partial charge in [0, 0.05) is 5.56 Å². The first kappa shape index (κ1) is 18.7. The largest absolute Gasteiger partial charge is 0.223 e. The average molecular weight is 367 g/mol. The van der Waals surface area contributed by atoms with Gasteiger partial charge >= 0.3 is 0 Å². The summed E-state index contributed by atoms with van der Waals surface area (Å²) >= 11 is 0. The Morgan fingerprint density at radius 2 is 1.50 bits per heavy atom. The Bertz CT molecular complexity index is 1010. The molecular weight excluding hydrogens is 340 g/mol. The Kier molecular flexibility index (Phi) is 4.94. The van der Waals surface area contributed by atoms with Crippen LogP contribution in [0.1, 0.15) is 47.6 Å². The van der Waals surface area contributed by atoms with E-state index in [0.29, 0.717) is 10.8 Å². The molecule has 1 aromatic carbocycles. The van der Waals surface area contributed by atoms with Gasteiger partial charge in [-0.1, -0.05) is 61.9 Å². The summed E-state index contributed by atoms with van der Waals surface area (Å²) in [6, 6.07) is 15.8. The van der Waals surface area contributed by atoms with Crippen molar-refractivity contribution >= 4 is 9.84 Å². The molecule has 1 aromatic rings. The Morgan fingerprint density at radius 3 is 2.12 bits per heavy atom. The monoisotopic (exact) mass is 366 g/mol. The topological polar surface area (TPSA) is 34.1 Å². The molecule has 0 bridgehead atoms. The third-order valence-corrected chi connectivity index (χ3v) is 6.70. The lowest BCUT2D eigenvalue weighted by molar-refractivity contribution is 0.596. The minimum absolute atomic E-state index is 0.0287. The van der Waals surface area contributed by atoms with E-state index in [4.69, 9.17) is 0 Å². The molecule has 0 unspecified atom stereocenters. The van der Waals surface area contributed by atoms with E-state index in [1.54, 1.807) is 0 Å². The summed E-state index contributed by atoms with van der Waals surface area (Å²) < 4.78 is 26.4. The summed E-state index contributed by atoms with van der Waals surface area (Å²) in [6.45, 7) is 10.3. The van der Waals surface area contributed by atoms with Crippen molar-refractivity contribution in [2.75, 3.05) is 0 Å². The maximum absolute atomic E-state index is 13.2. The maximum Gasteiger partial charge on any atom is 0.183 e. The molecule has 0 aromatic heterocycles.